The molecule has 3 N–H and O–H groups in total. The fourth-order valence-electron chi connectivity index (χ4n) is 1.02. The summed E-state index contributed by atoms with van der Waals surface area (Å²) in [5.74, 6) is -1.53. The summed E-state index contributed by atoms with van der Waals surface area (Å²) < 4.78 is 25.1. The van der Waals surface area contributed by atoms with Gasteiger partial charge < -0.3 is 5.11 Å². The lowest BCUT2D eigenvalue weighted by Crippen LogP contribution is -2.47. The molecule has 112 valence electrons. The van der Waals surface area contributed by atoms with Crippen LogP contribution in [0.2, 0.25) is 0 Å². The number of aliphatic carboxylic acids is 1. The maximum atomic E-state index is 11.7. The van der Waals surface area contributed by atoms with Crippen LogP contribution in [0.25, 0.3) is 0 Å². The van der Waals surface area contributed by atoms with Gasteiger partial charge in [-0.1, -0.05) is 0 Å². The zero-order valence-corrected chi connectivity index (χ0v) is 12.3. The van der Waals surface area contributed by atoms with Crippen molar-refractivity contribution in [2.24, 2.45) is 0 Å². The standard InChI is InChI=1S/C9H18N2O6S2/c1-3-19(15,16)11-7(4-5-18-2)9(14)10-17-6-8(12)13/h7,11H,3-6H2,1-2H3,(H,10,14)(H,12,13). The van der Waals surface area contributed by atoms with Crippen molar-refractivity contribution in [2.45, 2.75) is 19.4 Å². The van der Waals surface area contributed by atoms with E-state index in [1.54, 1.807) is 0 Å². The number of carboxylic acids is 1. The molecule has 19 heavy (non-hydrogen) atoms. The van der Waals surface area contributed by atoms with Gasteiger partial charge in [0.25, 0.3) is 5.91 Å². The molecule has 8 nitrogen and oxygen atoms in total. The van der Waals surface area contributed by atoms with Crippen LogP contribution in [0.15, 0.2) is 0 Å². The molecule has 0 aliphatic rings. The Labute approximate surface area is 116 Å². The molecule has 0 aromatic heterocycles. The smallest absolute Gasteiger partial charge is 0.332 e. The number of carbonyl (C=O) groups excluding carboxylic acids is 1. The van der Waals surface area contributed by atoms with Crippen LogP contribution in [0.1, 0.15) is 13.3 Å². The number of hydrogen-bond acceptors (Lipinski definition) is 6. The molecule has 10 heteroatoms. The lowest BCUT2D eigenvalue weighted by molar-refractivity contribution is -0.149. The highest BCUT2D eigenvalue weighted by molar-refractivity contribution is 7.98. The fourth-order valence-corrected chi connectivity index (χ4v) is 2.32. The molecule has 0 rings (SSSR count). The number of amides is 1. The van der Waals surface area contributed by atoms with E-state index in [0.717, 1.165) is 0 Å². The van der Waals surface area contributed by atoms with Crippen LogP contribution in [-0.4, -0.2) is 55.8 Å². The molecule has 0 spiro atoms. The molecule has 0 aliphatic carbocycles. The molecule has 0 aliphatic heterocycles. The van der Waals surface area contributed by atoms with Gasteiger partial charge in [0.15, 0.2) is 6.61 Å². The van der Waals surface area contributed by atoms with Gasteiger partial charge in [0.05, 0.1) is 5.75 Å². The Bertz CT molecular complexity index is 398. The summed E-state index contributed by atoms with van der Waals surface area (Å²) in [4.78, 5) is 26.3. The highest BCUT2D eigenvalue weighted by Gasteiger charge is 2.23. The van der Waals surface area contributed by atoms with E-state index in [1.807, 2.05) is 11.7 Å². The third-order valence-electron chi connectivity index (χ3n) is 2.00. The van der Waals surface area contributed by atoms with Gasteiger partial charge in [0.1, 0.15) is 6.04 Å². The van der Waals surface area contributed by atoms with Crippen LogP contribution in [-0.2, 0) is 24.4 Å². The minimum Gasteiger partial charge on any atom is -0.479 e. The molecule has 0 aromatic carbocycles. The molecule has 0 saturated heterocycles. The third-order valence-corrected chi connectivity index (χ3v) is 4.05. The zero-order chi connectivity index (χ0) is 14.9. The molecular formula is C9H18N2O6S2. The number of nitrogens with one attached hydrogen (secondary N) is 2. The van der Waals surface area contributed by atoms with E-state index < -0.39 is 34.5 Å². The first-order chi connectivity index (χ1) is 8.82. The van der Waals surface area contributed by atoms with Crippen molar-refractivity contribution in [1.82, 2.24) is 10.2 Å². The molecule has 0 saturated carbocycles. The average Bonchev–Trinajstić information content (AvgIpc) is 2.33. The van der Waals surface area contributed by atoms with Gasteiger partial charge in [-0.3, -0.25) is 9.63 Å². The number of hydrogen-bond donors (Lipinski definition) is 3. The monoisotopic (exact) mass is 314 g/mol. The van der Waals surface area contributed by atoms with Crippen LogP contribution in [0.3, 0.4) is 0 Å². The number of rotatable bonds is 10. The van der Waals surface area contributed by atoms with Crippen LogP contribution in [0, 0.1) is 0 Å². The second-order valence-electron chi connectivity index (χ2n) is 3.50. The number of thioether (sulfide) groups is 1. The van der Waals surface area contributed by atoms with Gasteiger partial charge in [-0.15, -0.1) is 0 Å². The summed E-state index contributed by atoms with van der Waals surface area (Å²) in [7, 11) is -3.53. The fraction of sp³-hybridized carbons (Fsp3) is 0.778. The Hall–Kier alpha value is -0.840. The Kier molecular flexibility index (Phi) is 8.72. The van der Waals surface area contributed by atoms with Gasteiger partial charge in [-0.25, -0.2) is 23.4 Å². The Morgan fingerprint density at radius 3 is 2.53 bits per heavy atom. The first kappa shape index (κ1) is 18.2. The number of carboxylic acid groups (broad SMARTS) is 1. The highest BCUT2D eigenvalue weighted by Crippen LogP contribution is 2.03. The van der Waals surface area contributed by atoms with Crippen molar-refractivity contribution in [1.29, 1.82) is 0 Å². The topological polar surface area (TPSA) is 122 Å². The Balaban J connectivity index is 4.47. The first-order valence-corrected chi connectivity index (χ1v) is 8.49. The maximum absolute atomic E-state index is 11.7. The van der Waals surface area contributed by atoms with Gasteiger partial charge in [0.2, 0.25) is 10.0 Å². The lowest BCUT2D eigenvalue weighted by atomic mass is 10.2. The van der Waals surface area contributed by atoms with Crippen LogP contribution >= 0.6 is 11.8 Å². The molecule has 0 heterocycles. The van der Waals surface area contributed by atoms with Gasteiger partial charge in [-0.05, 0) is 25.4 Å². The van der Waals surface area contributed by atoms with Crippen LogP contribution < -0.4 is 10.2 Å². The summed E-state index contributed by atoms with van der Waals surface area (Å²) in [6.45, 7) is 0.758. The molecule has 1 atom stereocenters. The second-order valence-corrected chi connectivity index (χ2v) is 6.53. The zero-order valence-electron chi connectivity index (χ0n) is 10.7. The molecule has 0 bridgehead atoms. The summed E-state index contributed by atoms with van der Waals surface area (Å²) in [6, 6.07) is -0.980. The SMILES string of the molecule is CCS(=O)(=O)NC(CCSC)C(=O)NOCC(=O)O. The van der Waals surface area contributed by atoms with Crippen molar-refractivity contribution < 1.29 is 28.0 Å². The molecule has 1 unspecified atom stereocenters. The van der Waals surface area contributed by atoms with Crippen molar-refractivity contribution in [2.75, 3.05) is 24.4 Å². The summed E-state index contributed by atoms with van der Waals surface area (Å²) in [5.41, 5.74) is 1.91. The number of carbonyl (C=O) groups is 2. The van der Waals surface area contributed by atoms with Gasteiger partial charge >= 0.3 is 5.97 Å². The molecule has 0 aromatic rings. The van der Waals surface area contributed by atoms with E-state index in [0.29, 0.717) is 5.75 Å². The van der Waals surface area contributed by atoms with E-state index in [-0.39, 0.29) is 12.2 Å². The quantitative estimate of drug-likeness (QED) is 0.450. The number of sulfonamides is 1. The third kappa shape index (κ3) is 8.81. The predicted octanol–water partition coefficient (Wildman–Crippen LogP) is -0.820. The average molecular weight is 314 g/mol. The van der Waals surface area contributed by atoms with E-state index in [2.05, 4.69) is 9.56 Å². The van der Waals surface area contributed by atoms with E-state index in [4.69, 9.17) is 5.11 Å². The summed E-state index contributed by atoms with van der Waals surface area (Å²) >= 11 is 1.46. The summed E-state index contributed by atoms with van der Waals surface area (Å²) in [5, 5.41) is 8.34. The Morgan fingerprint density at radius 1 is 1.42 bits per heavy atom. The van der Waals surface area contributed by atoms with Crippen molar-refractivity contribution in [3.63, 3.8) is 0 Å². The van der Waals surface area contributed by atoms with Crippen molar-refractivity contribution >= 4 is 33.7 Å². The largest absolute Gasteiger partial charge is 0.479 e. The summed E-state index contributed by atoms with van der Waals surface area (Å²) in [6.07, 6.45) is 2.10. The minimum absolute atomic E-state index is 0.147. The normalized spacial score (nSPS) is 12.9. The predicted molar refractivity (Wildman–Crippen MR) is 71.1 cm³/mol. The molecule has 1 amide bonds. The van der Waals surface area contributed by atoms with Crippen LogP contribution in [0.5, 0.6) is 0 Å². The Morgan fingerprint density at radius 2 is 2.05 bits per heavy atom. The van der Waals surface area contributed by atoms with E-state index >= 15 is 0 Å². The maximum Gasteiger partial charge on any atom is 0.332 e. The van der Waals surface area contributed by atoms with Crippen LogP contribution in [0.4, 0.5) is 0 Å². The molecule has 0 fully saturated rings. The van der Waals surface area contributed by atoms with Gasteiger partial charge in [0, 0.05) is 0 Å². The van der Waals surface area contributed by atoms with Crippen molar-refractivity contribution in [3.05, 3.63) is 0 Å². The highest BCUT2D eigenvalue weighted by atomic mass is 32.2. The number of hydroxylamine groups is 1. The van der Waals surface area contributed by atoms with E-state index in [1.165, 1.54) is 18.7 Å². The molecule has 0 radical (unpaired) electrons. The first-order valence-electron chi connectivity index (χ1n) is 5.44. The van der Waals surface area contributed by atoms with Crippen molar-refractivity contribution in [3.8, 4) is 0 Å². The molecular weight excluding hydrogens is 296 g/mol. The van der Waals surface area contributed by atoms with Gasteiger partial charge in [-0.2, -0.15) is 11.8 Å². The van der Waals surface area contributed by atoms with E-state index in [9.17, 15) is 18.0 Å². The minimum atomic E-state index is -3.53. The lowest BCUT2D eigenvalue weighted by Gasteiger charge is -2.17. The second kappa shape index (κ2) is 9.13.